The van der Waals surface area contributed by atoms with Gasteiger partial charge in [-0.3, -0.25) is 9.69 Å². The lowest BCUT2D eigenvalue weighted by Crippen LogP contribution is -2.81. The second-order valence-corrected chi connectivity index (χ2v) is 8.02. The zero-order valence-corrected chi connectivity index (χ0v) is 12.7. The fourth-order valence-electron chi connectivity index (χ4n) is 5.46. The maximum Gasteiger partial charge on any atom is 0.158 e. The number of Topliss-reactive ketones (excluding diaryl/α,β-unsaturated/α-hetero) is 1. The van der Waals surface area contributed by atoms with E-state index >= 15 is 0 Å². The second kappa shape index (κ2) is 3.93. The van der Waals surface area contributed by atoms with Crippen molar-refractivity contribution in [2.24, 2.45) is 10.8 Å². The molecular formula is C17H22FN2O+. The Bertz CT molecular complexity index is 590. The summed E-state index contributed by atoms with van der Waals surface area (Å²) in [7, 11) is 0. The summed E-state index contributed by atoms with van der Waals surface area (Å²) in [4.78, 5) is 15.2. The molecule has 4 aliphatic rings. The van der Waals surface area contributed by atoms with Crippen LogP contribution in [0.1, 0.15) is 19.4 Å². The van der Waals surface area contributed by atoms with Gasteiger partial charge < -0.3 is 4.48 Å². The van der Waals surface area contributed by atoms with Crippen molar-refractivity contribution in [1.29, 1.82) is 0 Å². The Morgan fingerprint density at radius 2 is 1.71 bits per heavy atom. The molecule has 0 saturated carbocycles. The molecule has 21 heavy (non-hydrogen) atoms. The third kappa shape index (κ3) is 1.89. The molecule has 1 aromatic carbocycles. The van der Waals surface area contributed by atoms with E-state index in [1.807, 2.05) is 12.1 Å². The quantitative estimate of drug-likeness (QED) is 0.777. The fraction of sp³-hybridized carbons (Fsp3) is 0.588. The summed E-state index contributed by atoms with van der Waals surface area (Å²) < 4.78 is 14.0. The van der Waals surface area contributed by atoms with Gasteiger partial charge in [0.2, 0.25) is 0 Å². The molecule has 112 valence electrons. The van der Waals surface area contributed by atoms with Gasteiger partial charge in [0.1, 0.15) is 19.0 Å². The maximum atomic E-state index is 13.1. The van der Waals surface area contributed by atoms with Crippen molar-refractivity contribution in [1.82, 2.24) is 4.90 Å². The van der Waals surface area contributed by atoms with Crippen LogP contribution in [0.25, 0.3) is 0 Å². The summed E-state index contributed by atoms with van der Waals surface area (Å²) in [6.07, 6.45) is 0. The Morgan fingerprint density at radius 1 is 1.14 bits per heavy atom. The van der Waals surface area contributed by atoms with Crippen molar-refractivity contribution in [3.63, 3.8) is 0 Å². The number of nitrogens with zero attached hydrogens (tertiary/aromatic N) is 2. The van der Waals surface area contributed by atoms with Crippen LogP contribution in [0.3, 0.4) is 0 Å². The van der Waals surface area contributed by atoms with Gasteiger partial charge in [0.25, 0.3) is 0 Å². The molecule has 4 bridgehead atoms. The molecule has 0 spiro atoms. The van der Waals surface area contributed by atoms with E-state index < -0.39 is 0 Å². The summed E-state index contributed by atoms with van der Waals surface area (Å²) in [6.45, 7) is 9.86. The number of piperidine rings is 2. The molecule has 4 heteroatoms. The first-order valence-corrected chi connectivity index (χ1v) is 7.70. The van der Waals surface area contributed by atoms with E-state index in [2.05, 4.69) is 18.7 Å². The summed E-state index contributed by atoms with van der Waals surface area (Å²) in [5, 5.41) is 0. The van der Waals surface area contributed by atoms with Gasteiger partial charge >= 0.3 is 0 Å². The number of carbonyl (C=O) groups is 1. The first-order valence-electron chi connectivity index (χ1n) is 7.70. The van der Waals surface area contributed by atoms with Crippen molar-refractivity contribution < 1.29 is 13.7 Å². The van der Waals surface area contributed by atoms with Crippen molar-refractivity contribution in [2.75, 3.05) is 32.8 Å². The van der Waals surface area contributed by atoms with Gasteiger partial charge in [-0.05, 0) is 26.0 Å². The Hall–Kier alpha value is -1.26. The maximum absolute atomic E-state index is 13.1. The normalized spacial score (nSPS) is 44.3. The molecule has 4 aliphatic heterocycles. The van der Waals surface area contributed by atoms with Crippen molar-refractivity contribution in [3.05, 3.63) is 35.6 Å². The average molecular weight is 289 g/mol. The number of carbonyl (C=O) groups excluding carboxylic acids is 1. The van der Waals surface area contributed by atoms with E-state index in [1.165, 1.54) is 17.7 Å². The third-order valence-electron chi connectivity index (χ3n) is 5.54. The zero-order chi connectivity index (χ0) is 14.9. The number of hydrogen-bond acceptors (Lipinski definition) is 2. The SMILES string of the molecule is C[C@]12CN3C[C@](C)(C[N+](Cc4ccc(F)cc4)(C3)C1)C2=O. The van der Waals surface area contributed by atoms with Crippen molar-refractivity contribution in [2.45, 2.75) is 20.4 Å². The van der Waals surface area contributed by atoms with E-state index in [0.29, 0.717) is 5.78 Å². The Labute approximate surface area is 124 Å². The number of hydrogen-bond donors (Lipinski definition) is 0. The van der Waals surface area contributed by atoms with E-state index in [0.717, 1.165) is 43.9 Å². The molecule has 0 aliphatic carbocycles. The molecule has 0 amide bonds. The number of benzene rings is 1. The van der Waals surface area contributed by atoms with Crippen LogP contribution in [0.4, 0.5) is 4.39 Å². The first kappa shape index (κ1) is 13.4. The molecule has 0 radical (unpaired) electrons. The highest BCUT2D eigenvalue weighted by atomic mass is 19.1. The third-order valence-corrected chi connectivity index (χ3v) is 5.54. The van der Waals surface area contributed by atoms with Crippen LogP contribution in [0, 0.1) is 16.6 Å². The molecule has 4 fully saturated rings. The smallest absolute Gasteiger partial charge is 0.158 e. The van der Waals surface area contributed by atoms with Crippen LogP contribution < -0.4 is 0 Å². The average Bonchev–Trinajstić information content (AvgIpc) is 2.37. The molecule has 4 heterocycles. The number of rotatable bonds is 2. The molecule has 0 N–H and O–H groups in total. The van der Waals surface area contributed by atoms with E-state index in [1.54, 1.807) is 0 Å². The van der Waals surface area contributed by atoms with Gasteiger partial charge in [-0.1, -0.05) is 12.1 Å². The molecular weight excluding hydrogens is 267 g/mol. The summed E-state index contributed by atoms with van der Waals surface area (Å²) >= 11 is 0. The standard InChI is InChI=1S/C17H22FN2O/c1-16-8-19-9-17(2,15(16)21)11-20(10-16,12-19)7-13-3-5-14(18)6-4-13/h3-6H,7-12H2,1-2H3/q+1/t16-,17+,20?. The van der Waals surface area contributed by atoms with Gasteiger partial charge in [-0.25, -0.2) is 4.39 Å². The highest BCUT2D eigenvalue weighted by Gasteiger charge is 2.66. The number of ketones is 1. The predicted molar refractivity (Wildman–Crippen MR) is 77.8 cm³/mol. The second-order valence-electron chi connectivity index (χ2n) is 8.02. The summed E-state index contributed by atoms with van der Waals surface area (Å²) in [5.41, 5.74) is 0.756. The Kier molecular flexibility index (Phi) is 2.51. The number of halogens is 1. The zero-order valence-electron chi connectivity index (χ0n) is 12.7. The van der Waals surface area contributed by atoms with Crippen molar-refractivity contribution in [3.8, 4) is 0 Å². The molecule has 4 saturated heterocycles. The highest BCUT2D eigenvalue weighted by molar-refractivity contribution is 5.92. The lowest BCUT2D eigenvalue weighted by Gasteiger charge is -2.65. The molecule has 0 aromatic heterocycles. The molecule has 2 unspecified atom stereocenters. The summed E-state index contributed by atoms with van der Waals surface area (Å²) in [5.74, 6) is 0.272. The van der Waals surface area contributed by atoms with Crippen LogP contribution in [-0.2, 0) is 11.3 Å². The van der Waals surface area contributed by atoms with E-state index in [9.17, 15) is 9.18 Å². The monoisotopic (exact) mass is 289 g/mol. The first-order chi connectivity index (χ1) is 9.83. The number of quaternary nitrogens is 1. The van der Waals surface area contributed by atoms with Gasteiger partial charge in [-0.15, -0.1) is 0 Å². The van der Waals surface area contributed by atoms with Crippen LogP contribution in [-0.4, -0.2) is 48.0 Å². The van der Waals surface area contributed by atoms with Gasteiger partial charge in [-0.2, -0.15) is 0 Å². The fourth-order valence-corrected chi connectivity index (χ4v) is 5.46. The molecule has 5 rings (SSSR count). The Morgan fingerprint density at radius 3 is 2.29 bits per heavy atom. The van der Waals surface area contributed by atoms with Gasteiger partial charge in [0.15, 0.2) is 5.78 Å². The Balaban J connectivity index is 1.69. The molecule has 1 aromatic rings. The minimum Gasteiger partial charge on any atom is -0.306 e. The van der Waals surface area contributed by atoms with Crippen molar-refractivity contribution >= 4 is 5.78 Å². The van der Waals surface area contributed by atoms with Crippen LogP contribution in [0.5, 0.6) is 0 Å². The minimum absolute atomic E-state index is 0.186. The van der Waals surface area contributed by atoms with E-state index in [-0.39, 0.29) is 16.6 Å². The van der Waals surface area contributed by atoms with E-state index in [4.69, 9.17) is 0 Å². The van der Waals surface area contributed by atoms with Crippen LogP contribution in [0.15, 0.2) is 24.3 Å². The minimum atomic E-state index is -0.205. The van der Waals surface area contributed by atoms with Crippen LogP contribution in [0.2, 0.25) is 0 Å². The van der Waals surface area contributed by atoms with Gasteiger partial charge in [0.05, 0.1) is 23.9 Å². The lowest BCUT2D eigenvalue weighted by atomic mass is 9.61. The largest absolute Gasteiger partial charge is 0.306 e. The lowest BCUT2D eigenvalue weighted by molar-refractivity contribution is -0.975. The topological polar surface area (TPSA) is 20.3 Å². The summed E-state index contributed by atoms with van der Waals surface area (Å²) in [6, 6.07) is 6.84. The molecule has 3 nitrogen and oxygen atoms in total. The highest BCUT2D eigenvalue weighted by Crippen LogP contribution is 2.50. The van der Waals surface area contributed by atoms with Crippen LogP contribution >= 0.6 is 0 Å². The van der Waals surface area contributed by atoms with Gasteiger partial charge in [0, 0.05) is 18.7 Å². The predicted octanol–water partition coefficient (Wildman–Crippen LogP) is 2.02. The molecule has 4 atom stereocenters.